The predicted octanol–water partition coefficient (Wildman–Crippen LogP) is 7.37. The summed E-state index contributed by atoms with van der Waals surface area (Å²) in [6, 6.07) is 17.2. The number of fused-ring (bicyclic) bond motifs is 1. The van der Waals surface area contributed by atoms with Crippen LogP contribution in [-0.4, -0.2) is 61.5 Å². The molecule has 13 heteroatoms. The highest BCUT2D eigenvalue weighted by atomic mass is 19.1. The quantitative estimate of drug-likeness (QED) is 0.154. The molecule has 0 saturated heterocycles. The first-order valence-electron chi connectivity index (χ1n) is 15.8. The number of hydrogen-bond acceptors (Lipinski definition) is 9. The average molecular weight is 670 g/mol. The van der Waals surface area contributed by atoms with Crippen LogP contribution in [0.1, 0.15) is 53.1 Å². The average Bonchev–Trinajstić information content (AvgIpc) is 3.44. The largest absolute Gasteiger partial charge is 0.475 e. The van der Waals surface area contributed by atoms with E-state index in [1.807, 2.05) is 43.3 Å². The maximum Gasteiger partial charge on any atom is 0.415 e. The molecule has 0 spiro atoms. The Morgan fingerprint density at radius 1 is 0.898 bits per heavy atom. The second-order valence-corrected chi connectivity index (χ2v) is 13.3. The summed E-state index contributed by atoms with van der Waals surface area (Å²) in [5.41, 5.74) is 3.09. The third-order valence-electron chi connectivity index (χ3n) is 6.78. The van der Waals surface area contributed by atoms with Gasteiger partial charge < -0.3 is 24.5 Å². The van der Waals surface area contributed by atoms with Crippen LogP contribution in [0, 0.1) is 12.7 Å². The number of aryl methyl sites for hydroxylation is 1. The zero-order chi connectivity index (χ0) is 35.3. The molecule has 0 aliphatic carbocycles. The number of hydrogen-bond donors (Lipinski definition) is 2. The monoisotopic (exact) mass is 669 g/mol. The van der Waals surface area contributed by atoms with Crippen molar-refractivity contribution < 1.29 is 28.2 Å². The number of ether oxygens (including phenoxy) is 3. The molecular formula is C36H40FN7O5. The highest BCUT2D eigenvalue weighted by Crippen LogP contribution is 2.32. The summed E-state index contributed by atoms with van der Waals surface area (Å²) in [6.45, 7) is 12.7. The number of amides is 2. The third kappa shape index (κ3) is 9.28. The fourth-order valence-corrected chi connectivity index (χ4v) is 4.79. The lowest BCUT2D eigenvalue weighted by molar-refractivity contribution is 0.0518. The maximum absolute atomic E-state index is 15.0. The Kier molecular flexibility index (Phi) is 10.1. The van der Waals surface area contributed by atoms with E-state index < -0.39 is 29.2 Å². The van der Waals surface area contributed by atoms with Crippen LogP contribution in [0.4, 0.5) is 19.7 Å². The molecule has 0 saturated carbocycles. The summed E-state index contributed by atoms with van der Waals surface area (Å²) >= 11 is 0. The van der Waals surface area contributed by atoms with E-state index in [9.17, 15) is 9.59 Å². The minimum absolute atomic E-state index is 0.0553. The number of aromatic amines is 1. The highest BCUT2D eigenvalue weighted by molar-refractivity contribution is 5.88. The first-order chi connectivity index (χ1) is 23.1. The topological polar surface area (TPSA) is 144 Å². The van der Waals surface area contributed by atoms with Crippen molar-refractivity contribution in [3.05, 3.63) is 84.2 Å². The maximum atomic E-state index is 15.0. The number of para-hydroxylation sites is 1. The minimum Gasteiger partial charge on any atom is -0.475 e. The lowest BCUT2D eigenvalue weighted by atomic mass is 10.1. The number of alkyl carbamates (subject to hydrolysis) is 1. The number of nitrogens with zero attached hydrogens (tertiary/aromatic N) is 5. The second kappa shape index (κ2) is 14.3. The standard InChI is InChI=1S/C36H40FN7O5/c1-22-11-10-13-26(40-22)32-31(42-29(43-32)21-44(34(46)49-36(5,6)7)28-14-9-8-12-24(28)37)23-15-16-25-27(19-23)41-30(20-39-25)47-18-17-38-33(45)48-35(2,3)4/h8-16,19-20H,17-18,21H2,1-7H3,(H,38,45)(H,42,43). The number of rotatable bonds is 9. The molecule has 12 nitrogen and oxygen atoms in total. The van der Waals surface area contributed by atoms with Gasteiger partial charge in [-0.2, -0.15) is 0 Å². The highest BCUT2D eigenvalue weighted by Gasteiger charge is 2.27. The fraction of sp³-hybridized carbons (Fsp3) is 0.333. The Morgan fingerprint density at radius 3 is 2.37 bits per heavy atom. The van der Waals surface area contributed by atoms with E-state index in [1.54, 1.807) is 53.7 Å². The SMILES string of the molecule is Cc1cccc(-c2[nH]c(CN(C(=O)OC(C)(C)C)c3ccccc3F)nc2-c2ccc3ncc(OCCNC(=O)OC(C)(C)C)nc3c2)n1. The number of carbonyl (C=O) groups is 2. The Hall–Kier alpha value is -5.59. The Morgan fingerprint density at radius 2 is 1.65 bits per heavy atom. The van der Waals surface area contributed by atoms with Crippen molar-refractivity contribution in [3.8, 4) is 28.5 Å². The number of anilines is 1. The minimum atomic E-state index is -0.811. The molecule has 2 aromatic carbocycles. The number of H-pyrrole nitrogens is 1. The molecule has 0 atom stereocenters. The number of nitrogens with one attached hydrogen (secondary N) is 2. The smallest absolute Gasteiger partial charge is 0.415 e. The first kappa shape index (κ1) is 34.7. The summed E-state index contributed by atoms with van der Waals surface area (Å²) in [5.74, 6) is 0.0763. The van der Waals surface area contributed by atoms with E-state index >= 15 is 4.39 Å². The number of imidazole rings is 1. The van der Waals surface area contributed by atoms with Crippen LogP contribution in [0.25, 0.3) is 33.7 Å². The molecule has 0 unspecified atom stereocenters. The molecule has 0 fully saturated rings. The lowest BCUT2D eigenvalue weighted by Crippen LogP contribution is -2.37. The van der Waals surface area contributed by atoms with Gasteiger partial charge in [0.25, 0.3) is 0 Å². The van der Waals surface area contributed by atoms with Gasteiger partial charge in [-0.15, -0.1) is 0 Å². The molecule has 5 aromatic rings. The van der Waals surface area contributed by atoms with E-state index in [1.165, 1.54) is 23.2 Å². The summed E-state index contributed by atoms with van der Waals surface area (Å²) in [4.78, 5) is 48.5. The van der Waals surface area contributed by atoms with Crippen LogP contribution in [0.15, 0.2) is 66.9 Å². The van der Waals surface area contributed by atoms with E-state index in [0.29, 0.717) is 39.5 Å². The van der Waals surface area contributed by atoms with E-state index in [2.05, 4.69) is 20.3 Å². The van der Waals surface area contributed by atoms with Crippen LogP contribution in [0.5, 0.6) is 5.88 Å². The molecule has 0 bridgehead atoms. The van der Waals surface area contributed by atoms with Crippen molar-refractivity contribution in [2.75, 3.05) is 18.1 Å². The van der Waals surface area contributed by atoms with Crippen LogP contribution >= 0.6 is 0 Å². The Labute approximate surface area is 284 Å². The molecule has 3 heterocycles. The number of pyridine rings is 1. The van der Waals surface area contributed by atoms with Gasteiger partial charge in [-0.05, 0) is 84.9 Å². The molecule has 256 valence electrons. The van der Waals surface area contributed by atoms with Gasteiger partial charge in [-0.3, -0.25) is 9.88 Å². The van der Waals surface area contributed by atoms with E-state index in [4.69, 9.17) is 24.2 Å². The fourth-order valence-electron chi connectivity index (χ4n) is 4.79. The molecular weight excluding hydrogens is 629 g/mol. The third-order valence-corrected chi connectivity index (χ3v) is 6.78. The molecule has 3 aromatic heterocycles. The van der Waals surface area contributed by atoms with Crippen molar-refractivity contribution in [2.45, 2.75) is 66.2 Å². The molecule has 0 aliphatic rings. The van der Waals surface area contributed by atoms with Gasteiger partial charge in [0, 0.05) is 11.3 Å². The van der Waals surface area contributed by atoms with Crippen LogP contribution in [0.3, 0.4) is 0 Å². The Bertz CT molecular complexity index is 1970. The molecule has 2 N–H and O–H groups in total. The van der Waals surface area contributed by atoms with Crippen LogP contribution in [0.2, 0.25) is 0 Å². The molecule has 0 aliphatic heterocycles. The van der Waals surface area contributed by atoms with Crippen molar-refractivity contribution in [2.24, 2.45) is 0 Å². The summed E-state index contributed by atoms with van der Waals surface area (Å²) in [6.07, 6.45) is 0.254. The van der Waals surface area contributed by atoms with Gasteiger partial charge in [-0.1, -0.05) is 24.3 Å². The van der Waals surface area contributed by atoms with Gasteiger partial charge >= 0.3 is 12.2 Å². The van der Waals surface area contributed by atoms with Crippen molar-refractivity contribution in [1.82, 2.24) is 30.2 Å². The van der Waals surface area contributed by atoms with Gasteiger partial charge in [0.2, 0.25) is 5.88 Å². The summed E-state index contributed by atoms with van der Waals surface area (Å²) in [5, 5.41) is 2.64. The van der Waals surface area contributed by atoms with Crippen LogP contribution in [-0.2, 0) is 16.0 Å². The van der Waals surface area contributed by atoms with Crippen molar-refractivity contribution in [1.29, 1.82) is 0 Å². The van der Waals surface area contributed by atoms with E-state index in [0.717, 1.165) is 5.69 Å². The summed E-state index contributed by atoms with van der Waals surface area (Å²) < 4.78 is 31.7. The molecule has 0 radical (unpaired) electrons. The van der Waals surface area contributed by atoms with E-state index in [-0.39, 0.29) is 31.3 Å². The van der Waals surface area contributed by atoms with Crippen LogP contribution < -0.4 is 15.0 Å². The molecule has 5 rings (SSSR count). The van der Waals surface area contributed by atoms with Gasteiger partial charge in [0.05, 0.1) is 53.1 Å². The van der Waals surface area contributed by atoms with Gasteiger partial charge in [0.1, 0.15) is 29.5 Å². The number of benzene rings is 2. The normalized spacial score (nSPS) is 11.7. The zero-order valence-corrected chi connectivity index (χ0v) is 28.6. The molecule has 49 heavy (non-hydrogen) atoms. The number of halogens is 1. The predicted molar refractivity (Wildman–Crippen MR) is 184 cm³/mol. The van der Waals surface area contributed by atoms with Gasteiger partial charge in [0.15, 0.2) is 0 Å². The zero-order valence-electron chi connectivity index (χ0n) is 28.6. The van der Waals surface area contributed by atoms with Gasteiger partial charge in [-0.25, -0.2) is 28.9 Å². The number of carbonyl (C=O) groups excluding carboxylic acids is 2. The summed E-state index contributed by atoms with van der Waals surface area (Å²) in [7, 11) is 0. The Balaban J connectivity index is 1.46. The second-order valence-electron chi connectivity index (χ2n) is 13.3. The van der Waals surface area contributed by atoms with Crippen molar-refractivity contribution >= 4 is 28.9 Å². The van der Waals surface area contributed by atoms with Crippen molar-refractivity contribution in [3.63, 3.8) is 0 Å². The molecule has 2 amide bonds. The lowest BCUT2D eigenvalue weighted by Gasteiger charge is -2.27. The number of aromatic nitrogens is 5. The first-order valence-corrected chi connectivity index (χ1v) is 15.8.